The normalized spacial score (nSPS) is 20.0. The number of aliphatic hydroxyl groups is 1. The van der Waals surface area contributed by atoms with Gasteiger partial charge in [0.05, 0.1) is 6.10 Å². The first-order valence-electron chi connectivity index (χ1n) is 7.03. The molecule has 5 heteroatoms. The molecule has 0 fully saturated rings. The molecule has 1 atom stereocenters. The molecule has 1 aliphatic rings. The van der Waals surface area contributed by atoms with Crippen molar-refractivity contribution < 1.29 is 14.6 Å². The number of halogens is 1. The van der Waals surface area contributed by atoms with Gasteiger partial charge in [-0.25, -0.2) is 0 Å². The zero-order valence-corrected chi connectivity index (χ0v) is 13.0. The maximum absolute atomic E-state index is 12.4. The van der Waals surface area contributed by atoms with Gasteiger partial charge >= 0.3 is 0 Å². The van der Waals surface area contributed by atoms with Crippen LogP contribution in [-0.2, 0) is 10.4 Å². The summed E-state index contributed by atoms with van der Waals surface area (Å²) in [7, 11) is 0. The first-order valence-corrected chi connectivity index (χ1v) is 7.40. The Morgan fingerprint density at radius 1 is 1.18 bits per heavy atom. The van der Waals surface area contributed by atoms with E-state index in [4.69, 9.17) is 16.3 Å². The van der Waals surface area contributed by atoms with Crippen LogP contribution in [0.4, 0.5) is 5.69 Å². The van der Waals surface area contributed by atoms with Gasteiger partial charge in [0.2, 0.25) is 0 Å². The lowest BCUT2D eigenvalue weighted by Crippen LogP contribution is -2.36. The van der Waals surface area contributed by atoms with Gasteiger partial charge in [0, 0.05) is 21.8 Å². The molecular formula is C17H16ClNO3. The number of para-hydroxylation sites is 1. The van der Waals surface area contributed by atoms with E-state index in [2.05, 4.69) is 5.32 Å². The Labute approximate surface area is 133 Å². The van der Waals surface area contributed by atoms with Crippen molar-refractivity contribution in [1.82, 2.24) is 0 Å². The van der Waals surface area contributed by atoms with Crippen molar-refractivity contribution in [2.45, 2.75) is 25.6 Å². The van der Waals surface area contributed by atoms with Gasteiger partial charge < -0.3 is 15.2 Å². The lowest BCUT2D eigenvalue weighted by molar-refractivity contribution is -0.129. The number of benzene rings is 2. The molecule has 1 amide bonds. The standard InChI is InChI=1S/C17H16ClNO3/c1-10(2)22-15-6-4-3-5-12(15)17(21)13-9-11(18)7-8-14(13)19-16(17)20/h3-10,21H,1-2H3,(H,19,20). The second-order valence-corrected chi connectivity index (χ2v) is 5.95. The molecule has 0 spiro atoms. The number of nitrogens with one attached hydrogen (secondary N) is 1. The molecule has 114 valence electrons. The minimum absolute atomic E-state index is 0.0759. The predicted molar refractivity (Wildman–Crippen MR) is 85.3 cm³/mol. The molecule has 1 heterocycles. The zero-order chi connectivity index (χ0) is 15.9. The van der Waals surface area contributed by atoms with Crippen molar-refractivity contribution >= 4 is 23.2 Å². The summed E-state index contributed by atoms with van der Waals surface area (Å²) < 4.78 is 5.74. The molecule has 2 aromatic rings. The lowest BCUT2D eigenvalue weighted by atomic mass is 9.87. The molecule has 0 aliphatic carbocycles. The van der Waals surface area contributed by atoms with Crippen LogP contribution in [0.15, 0.2) is 42.5 Å². The number of ether oxygens (including phenoxy) is 1. The largest absolute Gasteiger partial charge is 0.491 e. The van der Waals surface area contributed by atoms with Gasteiger partial charge in [0.1, 0.15) is 5.75 Å². The number of carbonyl (C=O) groups is 1. The minimum atomic E-state index is -1.81. The fourth-order valence-corrected chi connectivity index (χ4v) is 2.82. The fourth-order valence-electron chi connectivity index (χ4n) is 2.65. The van der Waals surface area contributed by atoms with Crippen molar-refractivity contribution in [1.29, 1.82) is 0 Å². The molecule has 1 aliphatic heterocycles. The number of amides is 1. The fraction of sp³-hybridized carbons (Fsp3) is 0.235. The highest BCUT2D eigenvalue weighted by molar-refractivity contribution is 6.31. The van der Waals surface area contributed by atoms with Crippen LogP contribution in [-0.4, -0.2) is 17.1 Å². The minimum Gasteiger partial charge on any atom is -0.491 e. The third kappa shape index (κ3) is 2.25. The molecule has 1 unspecified atom stereocenters. The molecule has 4 nitrogen and oxygen atoms in total. The van der Waals surface area contributed by atoms with Crippen LogP contribution in [0.5, 0.6) is 5.75 Å². The third-order valence-electron chi connectivity index (χ3n) is 3.59. The molecular weight excluding hydrogens is 302 g/mol. The summed E-state index contributed by atoms with van der Waals surface area (Å²) in [4.78, 5) is 12.4. The van der Waals surface area contributed by atoms with Gasteiger partial charge in [-0.05, 0) is 38.1 Å². The Morgan fingerprint density at radius 3 is 2.64 bits per heavy atom. The van der Waals surface area contributed by atoms with E-state index in [0.717, 1.165) is 0 Å². The van der Waals surface area contributed by atoms with Crippen LogP contribution >= 0.6 is 11.6 Å². The number of fused-ring (bicyclic) bond motifs is 1. The van der Waals surface area contributed by atoms with Gasteiger partial charge in [-0.2, -0.15) is 0 Å². The first-order chi connectivity index (χ1) is 10.4. The molecule has 0 saturated heterocycles. The van der Waals surface area contributed by atoms with Crippen LogP contribution in [0.25, 0.3) is 0 Å². The van der Waals surface area contributed by atoms with Gasteiger partial charge in [0.15, 0.2) is 5.60 Å². The van der Waals surface area contributed by atoms with Crippen molar-refractivity contribution in [2.75, 3.05) is 5.32 Å². The number of anilines is 1. The molecule has 0 aromatic heterocycles. The SMILES string of the molecule is CC(C)Oc1ccccc1C1(O)C(=O)Nc2ccc(Cl)cc21. The van der Waals surface area contributed by atoms with Gasteiger partial charge in [0.25, 0.3) is 5.91 Å². The van der Waals surface area contributed by atoms with Gasteiger partial charge in [-0.3, -0.25) is 4.79 Å². The summed E-state index contributed by atoms with van der Waals surface area (Å²) in [6.45, 7) is 3.78. The number of carbonyl (C=O) groups excluding carboxylic acids is 1. The summed E-state index contributed by atoms with van der Waals surface area (Å²) in [6, 6.07) is 11.9. The summed E-state index contributed by atoms with van der Waals surface area (Å²) in [5, 5.41) is 14.3. The third-order valence-corrected chi connectivity index (χ3v) is 3.82. The van der Waals surface area contributed by atoms with Crippen molar-refractivity contribution in [3.8, 4) is 5.75 Å². The predicted octanol–water partition coefficient (Wildman–Crippen LogP) is 3.32. The van der Waals surface area contributed by atoms with Crippen LogP contribution in [0.1, 0.15) is 25.0 Å². The highest BCUT2D eigenvalue weighted by Crippen LogP contribution is 2.45. The lowest BCUT2D eigenvalue weighted by Gasteiger charge is -2.25. The van der Waals surface area contributed by atoms with Crippen LogP contribution in [0, 0.1) is 0 Å². The van der Waals surface area contributed by atoms with Crippen LogP contribution < -0.4 is 10.1 Å². The van der Waals surface area contributed by atoms with E-state index in [9.17, 15) is 9.90 Å². The molecule has 0 saturated carbocycles. The highest BCUT2D eigenvalue weighted by atomic mass is 35.5. The van der Waals surface area contributed by atoms with Crippen LogP contribution in [0.3, 0.4) is 0 Å². The van der Waals surface area contributed by atoms with Crippen molar-refractivity contribution in [2.24, 2.45) is 0 Å². The number of hydrogen-bond donors (Lipinski definition) is 2. The summed E-state index contributed by atoms with van der Waals surface area (Å²) >= 11 is 6.03. The maximum atomic E-state index is 12.4. The molecule has 0 bridgehead atoms. The summed E-state index contributed by atoms with van der Waals surface area (Å²) in [5.74, 6) is -0.0347. The second kappa shape index (κ2) is 5.30. The van der Waals surface area contributed by atoms with Crippen molar-refractivity contribution in [3.63, 3.8) is 0 Å². The molecule has 0 radical (unpaired) electrons. The summed E-state index contributed by atoms with van der Waals surface area (Å²) in [5.41, 5.74) is -0.422. The monoisotopic (exact) mass is 317 g/mol. The topological polar surface area (TPSA) is 58.6 Å². The second-order valence-electron chi connectivity index (χ2n) is 5.52. The average Bonchev–Trinajstić information content (AvgIpc) is 2.72. The maximum Gasteiger partial charge on any atom is 0.266 e. The zero-order valence-electron chi connectivity index (χ0n) is 12.3. The van der Waals surface area contributed by atoms with E-state index >= 15 is 0 Å². The molecule has 2 aromatic carbocycles. The average molecular weight is 318 g/mol. The molecule has 2 N–H and O–H groups in total. The van der Waals surface area contributed by atoms with Crippen molar-refractivity contribution in [3.05, 3.63) is 58.6 Å². The Hall–Kier alpha value is -2.04. The first kappa shape index (κ1) is 14.9. The van der Waals surface area contributed by atoms with E-state index in [0.29, 0.717) is 27.6 Å². The van der Waals surface area contributed by atoms with E-state index in [1.807, 2.05) is 13.8 Å². The number of hydrogen-bond acceptors (Lipinski definition) is 3. The Bertz CT molecular complexity index is 744. The smallest absolute Gasteiger partial charge is 0.266 e. The van der Waals surface area contributed by atoms with Crippen LogP contribution in [0.2, 0.25) is 5.02 Å². The van der Waals surface area contributed by atoms with Gasteiger partial charge in [-0.15, -0.1) is 0 Å². The molecule has 3 rings (SSSR count). The summed E-state index contributed by atoms with van der Waals surface area (Å²) in [6.07, 6.45) is -0.0759. The Balaban J connectivity index is 2.20. The van der Waals surface area contributed by atoms with E-state index in [-0.39, 0.29) is 6.10 Å². The number of rotatable bonds is 3. The van der Waals surface area contributed by atoms with E-state index in [1.165, 1.54) is 0 Å². The Kier molecular flexibility index (Phi) is 3.59. The highest BCUT2D eigenvalue weighted by Gasteiger charge is 2.48. The van der Waals surface area contributed by atoms with E-state index < -0.39 is 11.5 Å². The van der Waals surface area contributed by atoms with Gasteiger partial charge in [-0.1, -0.05) is 29.8 Å². The van der Waals surface area contributed by atoms with E-state index in [1.54, 1.807) is 42.5 Å². The quantitative estimate of drug-likeness (QED) is 0.913. The Morgan fingerprint density at radius 2 is 1.91 bits per heavy atom. The molecule has 22 heavy (non-hydrogen) atoms.